The molecule has 1 aliphatic carbocycles. The Bertz CT molecular complexity index is 141. The third kappa shape index (κ3) is 2.98. The van der Waals surface area contributed by atoms with Crippen LogP contribution in [0.1, 0.15) is 52.9 Å². The lowest BCUT2D eigenvalue weighted by Crippen LogP contribution is -2.35. The van der Waals surface area contributed by atoms with Gasteiger partial charge in [0.05, 0.1) is 0 Å². The van der Waals surface area contributed by atoms with Crippen LogP contribution in [0.2, 0.25) is 0 Å². The van der Waals surface area contributed by atoms with Crippen molar-refractivity contribution in [2.45, 2.75) is 58.9 Å². The van der Waals surface area contributed by atoms with Crippen molar-refractivity contribution in [2.24, 2.45) is 17.8 Å². The number of rotatable bonds is 4. The summed E-state index contributed by atoms with van der Waals surface area (Å²) in [5, 5.41) is 3.47. The van der Waals surface area contributed by atoms with Crippen LogP contribution in [0.15, 0.2) is 0 Å². The highest BCUT2D eigenvalue weighted by atomic mass is 14.9. The average molecular weight is 197 g/mol. The normalized spacial score (nSPS) is 30.6. The van der Waals surface area contributed by atoms with E-state index in [0.717, 1.165) is 23.8 Å². The molecular formula is C13H27N. The molecule has 1 unspecified atom stereocenters. The maximum absolute atomic E-state index is 3.47. The Kier molecular flexibility index (Phi) is 4.94. The van der Waals surface area contributed by atoms with Gasteiger partial charge in [0, 0.05) is 6.04 Å². The molecule has 0 aromatic heterocycles. The van der Waals surface area contributed by atoms with Crippen molar-refractivity contribution in [3.8, 4) is 0 Å². The summed E-state index contributed by atoms with van der Waals surface area (Å²) in [4.78, 5) is 0. The van der Waals surface area contributed by atoms with Gasteiger partial charge >= 0.3 is 0 Å². The second kappa shape index (κ2) is 5.75. The Balaban J connectivity index is 2.34. The molecule has 1 N–H and O–H groups in total. The zero-order valence-electron chi connectivity index (χ0n) is 10.3. The first kappa shape index (κ1) is 12.0. The Morgan fingerprint density at radius 3 is 1.93 bits per heavy atom. The summed E-state index contributed by atoms with van der Waals surface area (Å²) in [5.74, 6) is 2.84. The predicted molar refractivity (Wildman–Crippen MR) is 63.4 cm³/mol. The largest absolute Gasteiger partial charge is 0.317 e. The van der Waals surface area contributed by atoms with E-state index in [-0.39, 0.29) is 0 Å². The minimum absolute atomic E-state index is 0.767. The Hall–Kier alpha value is -0.0400. The van der Waals surface area contributed by atoms with Gasteiger partial charge < -0.3 is 5.32 Å². The van der Waals surface area contributed by atoms with Crippen LogP contribution in [-0.2, 0) is 0 Å². The van der Waals surface area contributed by atoms with E-state index in [2.05, 4.69) is 33.1 Å². The molecule has 84 valence electrons. The van der Waals surface area contributed by atoms with E-state index in [1.54, 1.807) is 0 Å². The van der Waals surface area contributed by atoms with Crippen LogP contribution in [0.4, 0.5) is 0 Å². The zero-order chi connectivity index (χ0) is 10.6. The van der Waals surface area contributed by atoms with Gasteiger partial charge in [0.25, 0.3) is 0 Å². The van der Waals surface area contributed by atoms with Gasteiger partial charge in [-0.2, -0.15) is 0 Å². The monoisotopic (exact) mass is 197 g/mol. The van der Waals surface area contributed by atoms with Crippen LogP contribution in [0.25, 0.3) is 0 Å². The molecule has 0 bridgehead atoms. The highest BCUT2D eigenvalue weighted by Crippen LogP contribution is 2.35. The third-order valence-corrected chi connectivity index (χ3v) is 4.14. The molecule has 1 aliphatic rings. The third-order valence-electron chi connectivity index (χ3n) is 4.14. The SMILES string of the molecule is CCC(NC)C1CCC(C(C)C)CC1. The van der Waals surface area contributed by atoms with Crippen molar-refractivity contribution in [1.29, 1.82) is 0 Å². The van der Waals surface area contributed by atoms with Gasteiger partial charge in [-0.05, 0) is 56.9 Å². The lowest BCUT2D eigenvalue weighted by molar-refractivity contribution is 0.190. The molecule has 1 nitrogen and oxygen atoms in total. The molecule has 0 aromatic carbocycles. The zero-order valence-corrected chi connectivity index (χ0v) is 10.3. The van der Waals surface area contributed by atoms with Gasteiger partial charge in [-0.1, -0.05) is 20.8 Å². The van der Waals surface area contributed by atoms with E-state index in [9.17, 15) is 0 Å². The van der Waals surface area contributed by atoms with Gasteiger partial charge in [0.2, 0.25) is 0 Å². The molecule has 0 heterocycles. The van der Waals surface area contributed by atoms with Gasteiger partial charge in [0.15, 0.2) is 0 Å². The van der Waals surface area contributed by atoms with Crippen LogP contribution in [-0.4, -0.2) is 13.1 Å². The lowest BCUT2D eigenvalue weighted by atomic mass is 9.74. The van der Waals surface area contributed by atoms with Gasteiger partial charge in [-0.25, -0.2) is 0 Å². The number of nitrogens with one attached hydrogen (secondary N) is 1. The fourth-order valence-corrected chi connectivity index (χ4v) is 2.99. The van der Waals surface area contributed by atoms with Crippen LogP contribution in [0, 0.1) is 17.8 Å². The van der Waals surface area contributed by atoms with Gasteiger partial charge in [-0.3, -0.25) is 0 Å². The summed E-state index contributed by atoms with van der Waals surface area (Å²) in [7, 11) is 2.11. The fourth-order valence-electron chi connectivity index (χ4n) is 2.99. The van der Waals surface area contributed by atoms with Crippen molar-refractivity contribution in [2.75, 3.05) is 7.05 Å². The molecule has 1 rings (SSSR count). The fraction of sp³-hybridized carbons (Fsp3) is 1.00. The van der Waals surface area contributed by atoms with Crippen LogP contribution >= 0.6 is 0 Å². The molecule has 0 saturated heterocycles. The molecule has 1 fully saturated rings. The Morgan fingerprint density at radius 1 is 1.07 bits per heavy atom. The number of hydrogen-bond donors (Lipinski definition) is 1. The maximum atomic E-state index is 3.47. The average Bonchev–Trinajstić information content (AvgIpc) is 2.20. The summed E-state index contributed by atoms with van der Waals surface area (Å²) < 4.78 is 0. The molecule has 1 saturated carbocycles. The molecule has 14 heavy (non-hydrogen) atoms. The molecule has 0 amide bonds. The second-order valence-electron chi connectivity index (χ2n) is 5.22. The number of hydrogen-bond acceptors (Lipinski definition) is 1. The summed E-state index contributed by atoms with van der Waals surface area (Å²) in [5.41, 5.74) is 0. The van der Waals surface area contributed by atoms with Crippen LogP contribution in [0.5, 0.6) is 0 Å². The van der Waals surface area contributed by atoms with Crippen molar-refractivity contribution < 1.29 is 0 Å². The smallest absolute Gasteiger partial charge is 0.00897 e. The van der Waals surface area contributed by atoms with Crippen molar-refractivity contribution in [3.63, 3.8) is 0 Å². The minimum Gasteiger partial charge on any atom is -0.317 e. The highest BCUT2D eigenvalue weighted by Gasteiger charge is 2.26. The topological polar surface area (TPSA) is 12.0 Å². The first-order valence-corrected chi connectivity index (χ1v) is 6.36. The lowest BCUT2D eigenvalue weighted by Gasteiger charge is -2.35. The highest BCUT2D eigenvalue weighted by molar-refractivity contribution is 4.81. The van der Waals surface area contributed by atoms with E-state index in [1.807, 2.05) is 0 Å². The molecule has 0 aliphatic heterocycles. The van der Waals surface area contributed by atoms with Crippen LogP contribution < -0.4 is 5.32 Å². The molecule has 1 heteroatoms. The van der Waals surface area contributed by atoms with Crippen molar-refractivity contribution in [3.05, 3.63) is 0 Å². The summed E-state index contributed by atoms with van der Waals surface area (Å²) in [6.07, 6.45) is 7.10. The van der Waals surface area contributed by atoms with Crippen LogP contribution in [0.3, 0.4) is 0 Å². The molecular weight excluding hydrogens is 170 g/mol. The van der Waals surface area contributed by atoms with Gasteiger partial charge in [0.1, 0.15) is 0 Å². The first-order chi connectivity index (χ1) is 6.69. The van der Waals surface area contributed by atoms with E-state index < -0.39 is 0 Å². The second-order valence-corrected chi connectivity index (χ2v) is 5.22. The summed E-state index contributed by atoms with van der Waals surface area (Å²) in [6, 6.07) is 0.767. The summed E-state index contributed by atoms with van der Waals surface area (Å²) >= 11 is 0. The van der Waals surface area contributed by atoms with E-state index in [1.165, 1.54) is 32.1 Å². The molecule has 0 radical (unpaired) electrons. The van der Waals surface area contributed by atoms with Crippen molar-refractivity contribution in [1.82, 2.24) is 5.32 Å². The molecule has 0 spiro atoms. The van der Waals surface area contributed by atoms with E-state index >= 15 is 0 Å². The molecule has 1 atom stereocenters. The Morgan fingerprint density at radius 2 is 1.57 bits per heavy atom. The summed E-state index contributed by atoms with van der Waals surface area (Å²) in [6.45, 7) is 7.05. The Labute approximate surface area is 89.7 Å². The van der Waals surface area contributed by atoms with Crippen molar-refractivity contribution >= 4 is 0 Å². The maximum Gasteiger partial charge on any atom is 0.00897 e. The predicted octanol–water partition coefficient (Wildman–Crippen LogP) is 3.45. The quantitative estimate of drug-likeness (QED) is 0.728. The minimum atomic E-state index is 0.767. The first-order valence-electron chi connectivity index (χ1n) is 6.36. The standard InChI is InChI=1S/C13H27N/c1-5-13(14-4)12-8-6-11(7-9-12)10(2)3/h10-14H,5-9H2,1-4H3. The van der Waals surface area contributed by atoms with E-state index in [4.69, 9.17) is 0 Å². The van der Waals surface area contributed by atoms with Gasteiger partial charge in [-0.15, -0.1) is 0 Å². The van der Waals surface area contributed by atoms with E-state index in [0.29, 0.717) is 0 Å². The molecule has 0 aromatic rings.